The summed E-state index contributed by atoms with van der Waals surface area (Å²) in [4.78, 5) is 0. The molecule has 3 nitrogen and oxygen atoms in total. The molecule has 0 saturated carbocycles. The van der Waals surface area contributed by atoms with Gasteiger partial charge in [-0.25, -0.2) is 0 Å². The number of benzene rings is 1. The van der Waals surface area contributed by atoms with Crippen molar-refractivity contribution in [3.63, 3.8) is 0 Å². The van der Waals surface area contributed by atoms with Gasteiger partial charge in [-0.15, -0.1) is 0 Å². The van der Waals surface area contributed by atoms with Crippen LogP contribution in [-0.2, 0) is 0 Å². The minimum Gasteiger partial charge on any atom is -0.493 e. The molecule has 1 N–H and O–H groups in total. The Bertz CT molecular complexity index is 350. The molecule has 1 aromatic carbocycles. The van der Waals surface area contributed by atoms with E-state index in [0.717, 1.165) is 23.5 Å². The molecular weight excluding hydrogens is 214 g/mol. The van der Waals surface area contributed by atoms with Gasteiger partial charge in [0.1, 0.15) is 0 Å². The first-order valence-electron chi connectivity index (χ1n) is 6.02. The average Bonchev–Trinajstić information content (AvgIpc) is 2.34. The topological polar surface area (TPSA) is 30.5 Å². The maximum Gasteiger partial charge on any atom is 0.165 e. The molecule has 17 heavy (non-hydrogen) atoms. The van der Waals surface area contributed by atoms with Crippen LogP contribution >= 0.6 is 0 Å². The first-order valence-corrected chi connectivity index (χ1v) is 6.02. The summed E-state index contributed by atoms with van der Waals surface area (Å²) >= 11 is 0. The second-order valence-corrected chi connectivity index (χ2v) is 4.55. The lowest BCUT2D eigenvalue weighted by molar-refractivity contribution is 0.343. The number of rotatable bonds is 6. The molecule has 0 aliphatic carbocycles. The molecule has 0 saturated heterocycles. The van der Waals surface area contributed by atoms with Crippen molar-refractivity contribution in [1.82, 2.24) is 5.32 Å². The van der Waals surface area contributed by atoms with E-state index in [1.165, 1.54) is 0 Å². The minimum absolute atomic E-state index is 0.292. The van der Waals surface area contributed by atoms with Crippen LogP contribution in [0.3, 0.4) is 0 Å². The van der Waals surface area contributed by atoms with Gasteiger partial charge in [-0.3, -0.25) is 0 Å². The first kappa shape index (κ1) is 13.8. The third-order valence-electron chi connectivity index (χ3n) is 2.86. The third kappa shape index (κ3) is 3.37. The Kier molecular flexibility index (Phi) is 5.29. The normalized spacial score (nSPS) is 12.6. The number of hydrogen-bond acceptors (Lipinski definition) is 3. The van der Waals surface area contributed by atoms with Gasteiger partial charge in [-0.1, -0.05) is 26.0 Å². The van der Waals surface area contributed by atoms with Gasteiger partial charge in [0.15, 0.2) is 11.5 Å². The van der Waals surface area contributed by atoms with Crippen molar-refractivity contribution < 1.29 is 9.47 Å². The Hall–Kier alpha value is -1.22. The van der Waals surface area contributed by atoms with E-state index in [0.29, 0.717) is 12.0 Å². The molecule has 0 spiro atoms. The zero-order valence-corrected chi connectivity index (χ0v) is 11.4. The SMILES string of the molecule is CNC(CC(C)C)c1cccc(OC)c1OC. The lowest BCUT2D eigenvalue weighted by Crippen LogP contribution is -2.19. The Morgan fingerprint density at radius 1 is 1.18 bits per heavy atom. The lowest BCUT2D eigenvalue weighted by Gasteiger charge is -2.22. The van der Waals surface area contributed by atoms with Crippen molar-refractivity contribution in [3.8, 4) is 11.5 Å². The molecule has 1 atom stereocenters. The molecule has 0 heterocycles. The van der Waals surface area contributed by atoms with E-state index in [9.17, 15) is 0 Å². The van der Waals surface area contributed by atoms with Crippen LogP contribution in [0, 0.1) is 5.92 Å². The van der Waals surface area contributed by atoms with Crippen LogP contribution in [0.2, 0.25) is 0 Å². The molecule has 0 aliphatic rings. The highest BCUT2D eigenvalue weighted by atomic mass is 16.5. The Morgan fingerprint density at radius 3 is 2.35 bits per heavy atom. The van der Waals surface area contributed by atoms with E-state index in [4.69, 9.17) is 9.47 Å². The maximum atomic E-state index is 5.47. The second-order valence-electron chi connectivity index (χ2n) is 4.55. The Labute approximate surface area is 104 Å². The van der Waals surface area contributed by atoms with Gasteiger partial charge in [0, 0.05) is 11.6 Å². The highest BCUT2D eigenvalue weighted by molar-refractivity contribution is 5.48. The smallest absolute Gasteiger partial charge is 0.165 e. The van der Waals surface area contributed by atoms with E-state index in [2.05, 4.69) is 25.2 Å². The van der Waals surface area contributed by atoms with Gasteiger partial charge in [0.25, 0.3) is 0 Å². The highest BCUT2D eigenvalue weighted by Crippen LogP contribution is 2.36. The third-order valence-corrected chi connectivity index (χ3v) is 2.86. The first-order chi connectivity index (χ1) is 8.13. The molecule has 1 unspecified atom stereocenters. The van der Waals surface area contributed by atoms with Crippen LogP contribution in [0.1, 0.15) is 31.9 Å². The summed E-state index contributed by atoms with van der Waals surface area (Å²) in [5.74, 6) is 2.24. The summed E-state index contributed by atoms with van der Waals surface area (Å²) in [6.45, 7) is 4.44. The van der Waals surface area contributed by atoms with Crippen molar-refractivity contribution >= 4 is 0 Å². The van der Waals surface area contributed by atoms with E-state index in [1.807, 2.05) is 19.2 Å². The number of para-hydroxylation sites is 1. The molecule has 0 aliphatic heterocycles. The van der Waals surface area contributed by atoms with Crippen LogP contribution in [0.15, 0.2) is 18.2 Å². The molecule has 0 bridgehead atoms. The van der Waals surface area contributed by atoms with Crippen molar-refractivity contribution in [2.75, 3.05) is 21.3 Å². The fourth-order valence-electron chi connectivity index (χ4n) is 2.06. The summed E-state index contributed by atoms with van der Waals surface area (Å²) in [5, 5.41) is 3.34. The number of ether oxygens (including phenoxy) is 2. The molecule has 0 radical (unpaired) electrons. The second kappa shape index (κ2) is 6.50. The molecule has 3 heteroatoms. The molecule has 96 valence electrons. The number of nitrogens with one attached hydrogen (secondary N) is 1. The fourth-order valence-corrected chi connectivity index (χ4v) is 2.06. The summed E-state index contributed by atoms with van der Waals surface area (Å²) in [5.41, 5.74) is 1.16. The quantitative estimate of drug-likeness (QED) is 0.825. The van der Waals surface area contributed by atoms with E-state index in [-0.39, 0.29) is 0 Å². The van der Waals surface area contributed by atoms with Crippen LogP contribution in [0.4, 0.5) is 0 Å². The average molecular weight is 237 g/mol. The van der Waals surface area contributed by atoms with Gasteiger partial charge in [0.05, 0.1) is 14.2 Å². The van der Waals surface area contributed by atoms with Gasteiger partial charge in [-0.2, -0.15) is 0 Å². The predicted molar refractivity (Wildman–Crippen MR) is 70.8 cm³/mol. The summed E-state index contributed by atoms with van der Waals surface area (Å²) < 4.78 is 10.8. The van der Waals surface area contributed by atoms with Crippen LogP contribution in [-0.4, -0.2) is 21.3 Å². The predicted octanol–water partition coefficient (Wildman–Crippen LogP) is 3.01. The van der Waals surface area contributed by atoms with Gasteiger partial charge in [0.2, 0.25) is 0 Å². The molecular formula is C14H23NO2. The standard InChI is InChI=1S/C14H23NO2/c1-10(2)9-12(15-3)11-7-6-8-13(16-4)14(11)17-5/h6-8,10,12,15H,9H2,1-5H3. The van der Waals surface area contributed by atoms with E-state index >= 15 is 0 Å². The van der Waals surface area contributed by atoms with Crippen molar-refractivity contribution in [2.45, 2.75) is 26.3 Å². The summed E-state index contributed by atoms with van der Waals surface area (Å²) in [6.07, 6.45) is 1.07. The van der Waals surface area contributed by atoms with Gasteiger partial charge < -0.3 is 14.8 Å². The van der Waals surface area contributed by atoms with Crippen LogP contribution < -0.4 is 14.8 Å². The minimum atomic E-state index is 0.292. The van der Waals surface area contributed by atoms with E-state index < -0.39 is 0 Å². The molecule has 1 rings (SSSR count). The zero-order chi connectivity index (χ0) is 12.8. The van der Waals surface area contributed by atoms with Gasteiger partial charge >= 0.3 is 0 Å². The molecule has 0 amide bonds. The molecule has 1 aromatic rings. The summed E-state index contributed by atoms with van der Waals surface area (Å²) in [6, 6.07) is 6.30. The van der Waals surface area contributed by atoms with Crippen molar-refractivity contribution in [3.05, 3.63) is 23.8 Å². The zero-order valence-electron chi connectivity index (χ0n) is 11.4. The highest BCUT2D eigenvalue weighted by Gasteiger charge is 2.18. The van der Waals surface area contributed by atoms with Gasteiger partial charge in [-0.05, 0) is 25.5 Å². The van der Waals surface area contributed by atoms with Crippen molar-refractivity contribution in [1.29, 1.82) is 0 Å². The fraction of sp³-hybridized carbons (Fsp3) is 0.571. The molecule has 0 aromatic heterocycles. The largest absolute Gasteiger partial charge is 0.493 e. The molecule has 0 fully saturated rings. The van der Waals surface area contributed by atoms with Crippen molar-refractivity contribution in [2.24, 2.45) is 5.92 Å². The number of methoxy groups -OCH3 is 2. The monoisotopic (exact) mass is 237 g/mol. The lowest BCUT2D eigenvalue weighted by atomic mass is 9.96. The maximum absolute atomic E-state index is 5.47. The number of hydrogen-bond donors (Lipinski definition) is 1. The Morgan fingerprint density at radius 2 is 1.88 bits per heavy atom. The summed E-state index contributed by atoms with van der Waals surface area (Å²) in [7, 11) is 5.33. The Balaban J connectivity index is 3.09. The van der Waals surface area contributed by atoms with E-state index in [1.54, 1.807) is 14.2 Å². The van der Waals surface area contributed by atoms with Crippen LogP contribution in [0.25, 0.3) is 0 Å². The van der Waals surface area contributed by atoms with Crippen LogP contribution in [0.5, 0.6) is 11.5 Å².